The number of hydrogen-bond donors (Lipinski definition) is 0. The predicted molar refractivity (Wildman–Crippen MR) is 53.8 cm³/mol. The van der Waals surface area contributed by atoms with Crippen molar-refractivity contribution in [2.75, 3.05) is 7.11 Å². The third-order valence-corrected chi connectivity index (χ3v) is 1.35. The standard InChI is InChI=1S/C6H6N4O.C3H8/c1-11-10-6-5(8-9-10)3-2-4-7-6;1-3-2/h2-4H,1H3;3H2,1-2H3. The fourth-order valence-corrected chi connectivity index (χ4v) is 0.868. The lowest BCUT2D eigenvalue weighted by Crippen LogP contribution is -2.07. The number of rotatable bonds is 1. The van der Waals surface area contributed by atoms with E-state index in [9.17, 15) is 0 Å². The van der Waals surface area contributed by atoms with Gasteiger partial charge in [0.25, 0.3) is 0 Å². The molecule has 0 fully saturated rings. The van der Waals surface area contributed by atoms with Gasteiger partial charge in [-0.25, -0.2) is 4.98 Å². The molecule has 2 rings (SSSR count). The third-order valence-electron chi connectivity index (χ3n) is 1.35. The first kappa shape index (κ1) is 10.4. The molecule has 76 valence electrons. The zero-order valence-electron chi connectivity index (χ0n) is 8.64. The highest BCUT2D eigenvalue weighted by molar-refractivity contribution is 5.68. The van der Waals surface area contributed by atoms with Crippen LogP contribution in [-0.4, -0.2) is 27.3 Å². The quantitative estimate of drug-likeness (QED) is 0.686. The molecule has 0 atom stereocenters. The van der Waals surface area contributed by atoms with Gasteiger partial charge in [-0.2, -0.15) is 0 Å². The lowest BCUT2D eigenvalue weighted by molar-refractivity contribution is 0.138. The van der Waals surface area contributed by atoms with Crippen molar-refractivity contribution in [3.05, 3.63) is 18.3 Å². The molecule has 2 aromatic rings. The highest BCUT2D eigenvalue weighted by Crippen LogP contribution is 2.03. The SMILES string of the molecule is CCC.COn1nnc2cccnc21. The van der Waals surface area contributed by atoms with Crippen molar-refractivity contribution in [1.82, 2.24) is 20.1 Å². The zero-order chi connectivity index (χ0) is 10.4. The second-order valence-corrected chi connectivity index (χ2v) is 2.70. The van der Waals surface area contributed by atoms with Crippen LogP contribution in [0.25, 0.3) is 11.2 Å². The summed E-state index contributed by atoms with van der Waals surface area (Å²) in [5.74, 6) is 0. The van der Waals surface area contributed by atoms with Crippen molar-refractivity contribution in [3.63, 3.8) is 0 Å². The first-order chi connectivity index (χ1) is 6.83. The number of pyridine rings is 1. The van der Waals surface area contributed by atoms with E-state index < -0.39 is 0 Å². The Morgan fingerprint density at radius 3 is 2.79 bits per heavy atom. The minimum atomic E-state index is 0.634. The average molecular weight is 194 g/mol. The Kier molecular flexibility index (Phi) is 3.84. The van der Waals surface area contributed by atoms with Crippen LogP contribution >= 0.6 is 0 Å². The maximum Gasteiger partial charge on any atom is 0.219 e. The van der Waals surface area contributed by atoms with Gasteiger partial charge in [0.2, 0.25) is 5.65 Å². The molecule has 0 spiro atoms. The van der Waals surface area contributed by atoms with Crippen LogP contribution in [0.15, 0.2) is 18.3 Å². The Morgan fingerprint density at radius 2 is 2.14 bits per heavy atom. The summed E-state index contributed by atoms with van der Waals surface area (Å²) in [5.41, 5.74) is 1.37. The molecular weight excluding hydrogens is 180 g/mol. The average Bonchev–Trinajstić information content (AvgIpc) is 2.62. The third kappa shape index (κ3) is 2.18. The maximum atomic E-state index is 4.85. The first-order valence-electron chi connectivity index (χ1n) is 4.54. The van der Waals surface area contributed by atoms with Gasteiger partial charge < -0.3 is 4.84 Å². The monoisotopic (exact) mass is 194 g/mol. The van der Waals surface area contributed by atoms with Crippen molar-refractivity contribution in [1.29, 1.82) is 0 Å². The Hall–Kier alpha value is -1.65. The summed E-state index contributed by atoms with van der Waals surface area (Å²) < 4.78 is 0. The van der Waals surface area contributed by atoms with E-state index in [0.717, 1.165) is 5.52 Å². The Bertz CT molecular complexity index is 385. The highest BCUT2D eigenvalue weighted by Gasteiger charge is 2.02. The summed E-state index contributed by atoms with van der Waals surface area (Å²) in [6.45, 7) is 4.25. The minimum absolute atomic E-state index is 0.634. The maximum absolute atomic E-state index is 4.85. The molecule has 0 amide bonds. The van der Waals surface area contributed by atoms with Crippen LogP contribution in [0.5, 0.6) is 0 Å². The molecule has 14 heavy (non-hydrogen) atoms. The number of nitrogens with zero attached hydrogens (tertiary/aromatic N) is 4. The van der Waals surface area contributed by atoms with E-state index in [-0.39, 0.29) is 0 Å². The predicted octanol–water partition coefficient (Wildman–Crippen LogP) is 1.30. The van der Waals surface area contributed by atoms with E-state index >= 15 is 0 Å². The van der Waals surface area contributed by atoms with Crippen molar-refractivity contribution >= 4 is 11.2 Å². The van der Waals surface area contributed by atoms with Crippen LogP contribution in [0.4, 0.5) is 0 Å². The molecule has 0 bridgehead atoms. The molecule has 2 heterocycles. The zero-order valence-corrected chi connectivity index (χ0v) is 8.64. The lowest BCUT2D eigenvalue weighted by Gasteiger charge is -1.94. The number of hydrogen-bond acceptors (Lipinski definition) is 4. The van der Waals surface area contributed by atoms with E-state index in [1.807, 2.05) is 6.07 Å². The van der Waals surface area contributed by atoms with Crippen LogP contribution in [0.2, 0.25) is 0 Å². The fourth-order valence-electron chi connectivity index (χ4n) is 0.868. The van der Waals surface area contributed by atoms with E-state index in [1.165, 1.54) is 18.4 Å². The second kappa shape index (κ2) is 5.16. The molecule has 0 aliphatic carbocycles. The molecule has 2 aromatic heterocycles. The van der Waals surface area contributed by atoms with Gasteiger partial charge in [-0.3, -0.25) is 0 Å². The normalized spacial score (nSPS) is 9.36. The molecule has 5 heteroatoms. The Morgan fingerprint density at radius 1 is 1.43 bits per heavy atom. The van der Waals surface area contributed by atoms with E-state index in [1.54, 1.807) is 12.3 Å². The van der Waals surface area contributed by atoms with Crippen LogP contribution in [0, 0.1) is 0 Å². The summed E-state index contributed by atoms with van der Waals surface area (Å²) in [6.07, 6.45) is 2.92. The smallest absolute Gasteiger partial charge is 0.219 e. The van der Waals surface area contributed by atoms with Gasteiger partial charge >= 0.3 is 0 Å². The fraction of sp³-hybridized carbons (Fsp3) is 0.444. The van der Waals surface area contributed by atoms with E-state index in [0.29, 0.717) is 5.65 Å². The van der Waals surface area contributed by atoms with Gasteiger partial charge in [0, 0.05) is 6.20 Å². The lowest BCUT2D eigenvalue weighted by atomic mass is 10.4. The molecule has 0 unspecified atom stereocenters. The van der Waals surface area contributed by atoms with Gasteiger partial charge in [-0.15, -0.1) is 5.10 Å². The molecule has 0 aliphatic heterocycles. The van der Waals surface area contributed by atoms with Crippen LogP contribution in [-0.2, 0) is 0 Å². The molecular formula is C9H14N4O. The summed E-state index contributed by atoms with van der Waals surface area (Å²) in [5, 5.41) is 7.51. The van der Waals surface area contributed by atoms with Gasteiger partial charge in [0.15, 0.2) is 0 Å². The summed E-state index contributed by atoms with van der Waals surface area (Å²) >= 11 is 0. The van der Waals surface area contributed by atoms with Crippen molar-refractivity contribution in [2.24, 2.45) is 0 Å². The number of aromatic nitrogens is 4. The van der Waals surface area contributed by atoms with Crippen molar-refractivity contribution in [2.45, 2.75) is 20.3 Å². The van der Waals surface area contributed by atoms with Gasteiger partial charge in [0.1, 0.15) is 12.6 Å². The minimum Gasteiger partial charge on any atom is -0.397 e. The first-order valence-corrected chi connectivity index (χ1v) is 4.54. The highest BCUT2D eigenvalue weighted by atomic mass is 16.7. The summed E-state index contributed by atoms with van der Waals surface area (Å²) in [7, 11) is 1.52. The van der Waals surface area contributed by atoms with Gasteiger partial charge in [0.05, 0.1) is 0 Å². The number of fused-ring (bicyclic) bond motifs is 1. The van der Waals surface area contributed by atoms with Crippen LogP contribution in [0.3, 0.4) is 0 Å². The van der Waals surface area contributed by atoms with Crippen LogP contribution < -0.4 is 4.84 Å². The molecule has 0 aromatic carbocycles. The van der Waals surface area contributed by atoms with Crippen molar-refractivity contribution in [3.8, 4) is 0 Å². The largest absolute Gasteiger partial charge is 0.397 e. The summed E-state index contributed by atoms with van der Waals surface area (Å²) in [6, 6.07) is 3.63. The van der Waals surface area contributed by atoms with E-state index in [2.05, 4.69) is 29.1 Å². The molecule has 0 aliphatic rings. The summed E-state index contributed by atoms with van der Waals surface area (Å²) in [4.78, 5) is 10.1. The Labute approximate surface area is 82.7 Å². The van der Waals surface area contributed by atoms with E-state index in [4.69, 9.17) is 4.84 Å². The van der Waals surface area contributed by atoms with Crippen LogP contribution in [0.1, 0.15) is 20.3 Å². The molecule has 0 saturated heterocycles. The van der Waals surface area contributed by atoms with Crippen molar-refractivity contribution < 1.29 is 4.84 Å². The van der Waals surface area contributed by atoms with Gasteiger partial charge in [-0.05, 0) is 17.3 Å². The molecule has 0 saturated carbocycles. The molecule has 0 radical (unpaired) electrons. The second-order valence-electron chi connectivity index (χ2n) is 2.70. The molecule has 0 N–H and O–H groups in total. The Balaban J connectivity index is 0.000000293. The van der Waals surface area contributed by atoms with Gasteiger partial charge in [-0.1, -0.05) is 25.1 Å². The topological polar surface area (TPSA) is 52.8 Å². The molecule has 5 nitrogen and oxygen atoms in total.